The van der Waals surface area contributed by atoms with Gasteiger partial charge in [-0.2, -0.15) is 8.78 Å². The van der Waals surface area contributed by atoms with E-state index in [0.29, 0.717) is 24.7 Å². The summed E-state index contributed by atoms with van der Waals surface area (Å²) >= 11 is 0. The maximum Gasteiger partial charge on any atom is 0.387 e. The fourth-order valence-electron chi connectivity index (χ4n) is 1.55. The van der Waals surface area contributed by atoms with Crippen LogP contribution in [0.5, 0.6) is 11.5 Å². The van der Waals surface area contributed by atoms with Crippen molar-refractivity contribution in [3.8, 4) is 11.5 Å². The van der Waals surface area contributed by atoms with Gasteiger partial charge in [0, 0.05) is 18.7 Å². The molecule has 108 valence electrons. The molecule has 1 atom stereocenters. The normalized spacial score (nSPS) is 12.3. The second-order valence-electron chi connectivity index (χ2n) is 3.95. The fourth-order valence-corrected chi connectivity index (χ4v) is 1.55. The van der Waals surface area contributed by atoms with Gasteiger partial charge in [0.15, 0.2) is 0 Å². The second kappa shape index (κ2) is 7.78. The van der Waals surface area contributed by atoms with Gasteiger partial charge in [-0.15, -0.1) is 0 Å². The first-order chi connectivity index (χ1) is 9.06. The number of halogens is 2. The van der Waals surface area contributed by atoms with E-state index in [9.17, 15) is 8.78 Å². The van der Waals surface area contributed by atoms with Gasteiger partial charge >= 0.3 is 6.61 Å². The summed E-state index contributed by atoms with van der Waals surface area (Å²) in [6.45, 7) is 1.99. The zero-order chi connectivity index (χ0) is 14.3. The minimum Gasteiger partial charge on any atom is -0.497 e. The van der Waals surface area contributed by atoms with Crippen LogP contribution in [0.2, 0.25) is 0 Å². The topological polar surface area (TPSA) is 39.7 Å². The van der Waals surface area contributed by atoms with E-state index in [-0.39, 0.29) is 11.8 Å². The SMILES string of the molecule is CCOCC(C)Nc1cc(OC)ccc1OC(F)F. The summed E-state index contributed by atoms with van der Waals surface area (Å²) in [6.07, 6.45) is 0. The number of nitrogens with one attached hydrogen (secondary N) is 1. The van der Waals surface area contributed by atoms with E-state index in [4.69, 9.17) is 9.47 Å². The van der Waals surface area contributed by atoms with Crippen LogP contribution in [0.25, 0.3) is 0 Å². The predicted octanol–water partition coefficient (Wildman–Crippen LogP) is 3.13. The van der Waals surface area contributed by atoms with Crippen LogP contribution < -0.4 is 14.8 Å². The highest BCUT2D eigenvalue weighted by atomic mass is 19.3. The molecule has 0 aliphatic heterocycles. The zero-order valence-electron chi connectivity index (χ0n) is 11.3. The number of anilines is 1. The van der Waals surface area contributed by atoms with Crippen LogP contribution >= 0.6 is 0 Å². The van der Waals surface area contributed by atoms with Crippen LogP contribution in [0, 0.1) is 0 Å². The molecule has 1 aromatic rings. The molecule has 0 fully saturated rings. The smallest absolute Gasteiger partial charge is 0.387 e. The van der Waals surface area contributed by atoms with Crippen molar-refractivity contribution in [2.45, 2.75) is 26.5 Å². The van der Waals surface area contributed by atoms with Crippen LogP contribution in [0.4, 0.5) is 14.5 Å². The summed E-state index contributed by atoms with van der Waals surface area (Å²) < 4.78 is 39.4. The maximum absolute atomic E-state index is 12.3. The third-order valence-electron chi connectivity index (χ3n) is 2.38. The number of methoxy groups -OCH3 is 1. The fraction of sp³-hybridized carbons (Fsp3) is 0.538. The summed E-state index contributed by atoms with van der Waals surface area (Å²) in [5, 5.41) is 3.06. The number of ether oxygens (including phenoxy) is 3. The molecule has 0 heterocycles. The van der Waals surface area contributed by atoms with E-state index in [2.05, 4.69) is 10.1 Å². The zero-order valence-corrected chi connectivity index (χ0v) is 11.3. The second-order valence-corrected chi connectivity index (χ2v) is 3.95. The Morgan fingerprint density at radius 2 is 2.05 bits per heavy atom. The largest absolute Gasteiger partial charge is 0.497 e. The molecule has 0 saturated heterocycles. The highest BCUT2D eigenvalue weighted by Gasteiger charge is 2.13. The summed E-state index contributed by atoms with van der Waals surface area (Å²) in [6, 6.07) is 4.59. The van der Waals surface area contributed by atoms with Crippen molar-refractivity contribution in [3.05, 3.63) is 18.2 Å². The van der Waals surface area contributed by atoms with E-state index in [1.807, 2.05) is 13.8 Å². The van der Waals surface area contributed by atoms with Gasteiger partial charge in [-0.05, 0) is 26.0 Å². The molecule has 0 aromatic heterocycles. The van der Waals surface area contributed by atoms with Crippen LogP contribution in [-0.2, 0) is 4.74 Å². The van der Waals surface area contributed by atoms with E-state index < -0.39 is 6.61 Å². The summed E-state index contributed by atoms with van der Waals surface area (Å²) in [5.41, 5.74) is 0.451. The van der Waals surface area contributed by atoms with Crippen molar-refractivity contribution in [1.82, 2.24) is 0 Å². The number of hydrogen-bond acceptors (Lipinski definition) is 4. The van der Waals surface area contributed by atoms with Gasteiger partial charge in [-0.25, -0.2) is 0 Å². The molecule has 0 spiro atoms. The number of rotatable bonds is 8. The molecular formula is C13H19F2NO3. The first-order valence-electron chi connectivity index (χ1n) is 6.04. The van der Waals surface area contributed by atoms with Crippen molar-refractivity contribution in [2.24, 2.45) is 0 Å². The molecule has 0 radical (unpaired) electrons. The number of benzene rings is 1. The molecule has 19 heavy (non-hydrogen) atoms. The van der Waals surface area contributed by atoms with Crippen LogP contribution in [0.1, 0.15) is 13.8 Å². The van der Waals surface area contributed by atoms with E-state index in [1.54, 1.807) is 12.1 Å². The van der Waals surface area contributed by atoms with Crippen LogP contribution in [0.3, 0.4) is 0 Å². The van der Waals surface area contributed by atoms with Crippen molar-refractivity contribution >= 4 is 5.69 Å². The molecular weight excluding hydrogens is 256 g/mol. The quantitative estimate of drug-likeness (QED) is 0.791. The monoisotopic (exact) mass is 275 g/mol. The Hall–Kier alpha value is -1.56. The standard InChI is InChI=1S/C13H19F2NO3/c1-4-18-8-9(2)16-11-7-10(17-3)5-6-12(11)19-13(14)15/h5-7,9,13,16H,4,8H2,1-3H3. The van der Waals surface area contributed by atoms with E-state index in [1.165, 1.54) is 13.2 Å². The van der Waals surface area contributed by atoms with Crippen LogP contribution in [0.15, 0.2) is 18.2 Å². The summed E-state index contributed by atoms with van der Waals surface area (Å²) in [7, 11) is 1.51. The molecule has 1 aromatic carbocycles. The minimum absolute atomic E-state index is 0.0351. The van der Waals surface area contributed by atoms with Gasteiger partial charge in [-0.3, -0.25) is 0 Å². The molecule has 0 aliphatic rings. The third-order valence-corrected chi connectivity index (χ3v) is 2.38. The summed E-state index contributed by atoms with van der Waals surface area (Å²) in [5.74, 6) is 0.645. The molecule has 0 saturated carbocycles. The third kappa shape index (κ3) is 5.30. The van der Waals surface area contributed by atoms with Gasteiger partial charge in [-0.1, -0.05) is 0 Å². The molecule has 1 N–H and O–H groups in total. The lowest BCUT2D eigenvalue weighted by Gasteiger charge is -2.18. The van der Waals surface area contributed by atoms with Gasteiger partial charge in [0.1, 0.15) is 11.5 Å². The van der Waals surface area contributed by atoms with Gasteiger partial charge in [0.05, 0.1) is 19.4 Å². The number of alkyl halides is 2. The lowest BCUT2D eigenvalue weighted by Crippen LogP contribution is -2.22. The Bertz CT molecular complexity index is 388. The van der Waals surface area contributed by atoms with Gasteiger partial charge in [0.25, 0.3) is 0 Å². The van der Waals surface area contributed by atoms with Crippen molar-refractivity contribution in [3.63, 3.8) is 0 Å². The Kier molecular flexibility index (Phi) is 6.35. The predicted molar refractivity (Wildman–Crippen MR) is 69.2 cm³/mol. The Morgan fingerprint density at radius 3 is 2.63 bits per heavy atom. The summed E-state index contributed by atoms with van der Waals surface area (Å²) in [4.78, 5) is 0. The average Bonchev–Trinajstić information content (AvgIpc) is 2.37. The maximum atomic E-state index is 12.3. The van der Waals surface area contributed by atoms with E-state index >= 15 is 0 Å². The van der Waals surface area contributed by atoms with Crippen LogP contribution in [-0.4, -0.2) is 33.0 Å². The van der Waals surface area contributed by atoms with Crippen molar-refractivity contribution in [2.75, 3.05) is 25.6 Å². The highest BCUT2D eigenvalue weighted by Crippen LogP contribution is 2.30. The average molecular weight is 275 g/mol. The van der Waals surface area contributed by atoms with E-state index in [0.717, 1.165) is 0 Å². The van der Waals surface area contributed by atoms with Gasteiger partial charge in [0.2, 0.25) is 0 Å². The van der Waals surface area contributed by atoms with Crippen molar-refractivity contribution < 1.29 is 23.0 Å². The lowest BCUT2D eigenvalue weighted by molar-refractivity contribution is -0.0494. The minimum atomic E-state index is -2.86. The molecule has 4 nitrogen and oxygen atoms in total. The first kappa shape index (κ1) is 15.5. The molecule has 1 rings (SSSR count). The molecule has 0 aliphatic carbocycles. The molecule has 6 heteroatoms. The Balaban J connectivity index is 2.81. The molecule has 1 unspecified atom stereocenters. The highest BCUT2D eigenvalue weighted by molar-refractivity contribution is 5.60. The number of hydrogen-bond donors (Lipinski definition) is 1. The first-order valence-corrected chi connectivity index (χ1v) is 6.04. The Morgan fingerprint density at radius 1 is 1.32 bits per heavy atom. The Labute approximate surface area is 111 Å². The molecule has 0 bridgehead atoms. The van der Waals surface area contributed by atoms with Crippen molar-refractivity contribution in [1.29, 1.82) is 0 Å². The lowest BCUT2D eigenvalue weighted by atomic mass is 10.2. The molecule has 0 amide bonds. The van der Waals surface area contributed by atoms with Gasteiger partial charge < -0.3 is 19.5 Å².